The van der Waals surface area contributed by atoms with Crippen molar-refractivity contribution in [2.24, 2.45) is 4.99 Å². The SMILES string of the molecule is CCNC(=NCc1cccnc1OCC)NCCN1CCCCC1.I. The predicted octanol–water partition coefficient (Wildman–Crippen LogP) is 2.64. The van der Waals surface area contributed by atoms with Gasteiger partial charge in [-0.3, -0.25) is 0 Å². The average molecular weight is 461 g/mol. The number of nitrogens with one attached hydrogen (secondary N) is 2. The Kier molecular flexibility index (Phi) is 11.6. The largest absolute Gasteiger partial charge is 0.478 e. The molecule has 25 heavy (non-hydrogen) atoms. The van der Waals surface area contributed by atoms with Gasteiger partial charge in [0.1, 0.15) is 0 Å². The van der Waals surface area contributed by atoms with Gasteiger partial charge in [0, 0.05) is 31.4 Å². The second kappa shape index (κ2) is 13.2. The van der Waals surface area contributed by atoms with E-state index in [2.05, 4.69) is 32.4 Å². The summed E-state index contributed by atoms with van der Waals surface area (Å²) in [7, 11) is 0. The van der Waals surface area contributed by atoms with E-state index in [4.69, 9.17) is 4.74 Å². The zero-order chi connectivity index (χ0) is 17.0. The highest BCUT2D eigenvalue weighted by atomic mass is 127. The third-order valence-electron chi connectivity index (χ3n) is 4.05. The molecule has 0 aromatic carbocycles. The van der Waals surface area contributed by atoms with Crippen molar-refractivity contribution in [3.8, 4) is 5.88 Å². The Hall–Kier alpha value is -1.09. The average Bonchev–Trinajstić information content (AvgIpc) is 2.62. The third-order valence-corrected chi connectivity index (χ3v) is 4.05. The van der Waals surface area contributed by atoms with Crippen LogP contribution < -0.4 is 15.4 Å². The summed E-state index contributed by atoms with van der Waals surface area (Å²) in [5.41, 5.74) is 1.01. The van der Waals surface area contributed by atoms with Crippen LogP contribution in [0.4, 0.5) is 0 Å². The van der Waals surface area contributed by atoms with Crippen LogP contribution >= 0.6 is 24.0 Å². The Morgan fingerprint density at radius 2 is 2.04 bits per heavy atom. The van der Waals surface area contributed by atoms with Gasteiger partial charge in [-0.05, 0) is 45.8 Å². The Bertz CT molecular complexity index is 506. The summed E-state index contributed by atoms with van der Waals surface area (Å²) in [6.07, 6.45) is 5.78. The minimum Gasteiger partial charge on any atom is -0.478 e. The smallest absolute Gasteiger partial charge is 0.218 e. The molecule has 6 nitrogen and oxygen atoms in total. The van der Waals surface area contributed by atoms with E-state index in [1.165, 1.54) is 32.4 Å². The van der Waals surface area contributed by atoms with Gasteiger partial charge in [-0.2, -0.15) is 0 Å². The standard InChI is InChI=1S/C18H31N5O.HI/c1-3-19-18(21-11-14-23-12-6-5-7-13-23)22-15-16-9-8-10-20-17(16)24-4-2;/h8-10H,3-7,11-15H2,1-2H3,(H2,19,21,22);1H. The number of pyridine rings is 1. The summed E-state index contributed by atoms with van der Waals surface area (Å²) in [5, 5.41) is 6.73. The first-order valence-corrected chi connectivity index (χ1v) is 9.14. The number of guanidine groups is 1. The molecular formula is C18H32IN5O. The van der Waals surface area contributed by atoms with Crippen LogP contribution in [0.15, 0.2) is 23.3 Å². The number of nitrogens with zero attached hydrogens (tertiary/aromatic N) is 3. The second-order valence-corrected chi connectivity index (χ2v) is 5.92. The zero-order valence-corrected chi connectivity index (χ0v) is 17.8. The fourth-order valence-electron chi connectivity index (χ4n) is 2.83. The lowest BCUT2D eigenvalue weighted by atomic mass is 10.1. The molecule has 2 heterocycles. The highest BCUT2D eigenvalue weighted by molar-refractivity contribution is 14.0. The van der Waals surface area contributed by atoms with E-state index in [1.807, 2.05) is 19.1 Å². The van der Waals surface area contributed by atoms with Crippen molar-refractivity contribution < 1.29 is 4.74 Å². The maximum absolute atomic E-state index is 5.56. The van der Waals surface area contributed by atoms with E-state index in [9.17, 15) is 0 Å². The van der Waals surface area contributed by atoms with Crippen LogP contribution in [0.25, 0.3) is 0 Å². The van der Waals surface area contributed by atoms with Crippen LogP contribution in [0.1, 0.15) is 38.7 Å². The number of ether oxygens (including phenoxy) is 1. The summed E-state index contributed by atoms with van der Waals surface area (Å²) in [6.45, 7) is 10.5. The summed E-state index contributed by atoms with van der Waals surface area (Å²) >= 11 is 0. The van der Waals surface area contributed by atoms with Crippen molar-refractivity contribution in [3.63, 3.8) is 0 Å². The number of hydrogen-bond donors (Lipinski definition) is 2. The Morgan fingerprint density at radius 1 is 1.24 bits per heavy atom. The molecule has 0 radical (unpaired) electrons. The maximum Gasteiger partial charge on any atom is 0.218 e. The first-order valence-electron chi connectivity index (χ1n) is 9.14. The van der Waals surface area contributed by atoms with E-state index in [0.717, 1.165) is 31.2 Å². The molecule has 1 aromatic rings. The highest BCUT2D eigenvalue weighted by Gasteiger charge is 2.09. The molecule has 0 amide bonds. The van der Waals surface area contributed by atoms with Crippen LogP contribution in [-0.2, 0) is 6.54 Å². The maximum atomic E-state index is 5.56. The molecule has 7 heteroatoms. The van der Waals surface area contributed by atoms with Gasteiger partial charge in [-0.1, -0.05) is 12.5 Å². The minimum absolute atomic E-state index is 0. The Labute approximate surface area is 168 Å². The van der Waals surface area contributed by atoms with Crippen LogP contribution in [0, 0.1) is 0 Å². The van der Waals surface area contributed by atoms with Crippen LogP contribution in [0.3, 0.4) is 0 Å². The van der Waals surface area contributed by atoms with Crippen molar-refractivity contribution in [1.82, 2.24) is 20.5 Å². The number of hydrogen-bond acceptors (Lipinski definition) is 4. The molecule has 0 atom stereocenters. The van der Waals surface area contributed by atoms with E-state index in [-0.39, 0.29) is 24.0 Å². The molecule has 0 unspecified atom stereocenters. The highest BCUT2D eigenvalue weighted by Crippen LogP contribution is 2.15. The molecule has 0 saturated carbocycles. The van der Waals surface area contributed by atoms with Crippen molar-refractivity contribution >= 4 is 29.9 Å². The lowest BCUT2D eigenvalue weighted by Crippen LogP contribution is -2.42. The fraction of sp³-hybridized carbons (Fsp3) is 0.667. The quantitative estimate of drug-likeness (QED) is 0.354. The number of aromatic nitrogens is 1. The van der Waals surface area contributed by atoms with Crippen LogP contribution in [-0.4, -0.2) is 55.2 Å². The van der Waals surface area contributed by atoms with Crippen molar-refractivity contribution in [2.75, 3.05) is 39.3 Å². The van der Waals surface area contributed by atoms with Crippen molar-refractivity contribution in [2.45, 2.75) is 39.7 Å². The number of piperidine rings is 1. The van der Waals surface area contributed by atoms with E-state index >= 15 is 0 Å². The number of rotatable bonds is 8. The number of halogens is 1. The first kappa shape index (κ1) is 22.0. The van der Waals surface area contributed by atoms with Gasteiger partial charge in [0.2, 0.25) is 5.88 Å². The molecule has 0 bridgehead atoms. The predicted molar refractivity (Wildman–Crippen MR) is 114 cm³/mol. The molecule has 1 aliphatic heterocycles. The zero-order valence-electron chi connectivity index (χ0n) is 15.5. The van der Waals surface area contributed by atoms with Gasteiger partial charge in [0.15, 0.2) is 5.96 Å². The van der Waals surface area contributed by atoms with E-state index < -0.39 is 0 Å². The van der Waals surface area contributed by atoms with Gasteiger partial charge < -0.3 is 20.3 Å². The van der Waals surface area contributed by atoms with Crippen LogP contribution in [0.2, 0.25) is 0 Å². The first-order chi connectivity index (χ1) is 11.8. The number of likely N-dealkylation sites (tertiary alicyclic amines) is 1. The Morgan fingerprint density at radius 3 is 2.76 bits per heavy atom. The molecule has 2 rings (SSSR count). The topological polar surface area (TPSA) is 61.8 Å². The Balaban J connectivity index is 0.00000312. The van der Waals surface area contributed by atoms with Gasteiger partial charge in [-0.15, -0.1) is 24.0 Å². The third kappa shape index (κ3) is 8.22. The normalized spacial score (nSPS) is 15.4. The summed E-state index contributed by atoms with van der Waals surface area (Å²) in [4.78, 5) is 11.5. The lowest BCUT2D eigenvalue weighted by molar-refractivity contribution is 0.232. The number of aliphatic imine (C=N–C) groups is 1. The van der Waals surface area contributed by atoms with Crippen molar-refractivity contribution in [3.05, 3.63) is 23.9 Å². The minimum atomic E-state index is 0. The molecule has 1 saturated heterocycles. The monoisotopic (exact) mass is 461 g/mol. The van der Waals surface area contributed by atoms with E-state index in [1.54, 1.807) is 6.20 Å². The molecule has 1 fully saturated rings. The van der Waals surface area contributed by atoms with Gasteiger partial charge in [-0.25, -0.2) is 9.98 Å². The fourth-order valence-corrected chi connectivity index (χ4v) is 2.83. The second-order valence-electron chi connectivity index (χ2n) is 5.92. The van der Waals surface area contributed by atoms with Gasteiger partial charge in [0.25, 0.3) is 0 Å². The molecular weight excluding hydrogens is 429 g/mol. The molecule has 0 aliphatic carbocycles. The lowest BCUT2D eigenvalue weighted by Gasteiger charge is -2.26. The summed E-state index contributed by atoms with van der Waals surface area (Å²) in [5.74, 6) is 1.52. The molecule has 0 spiro atoms. The van der Waals surface area contributed by atoms with Gasteiger partial charge in [0.05, 0.1) is 13.2 Å². The van der Waals surface area contributed by atoms with Crippen molar-refractivity contribution in [1.29, 1.82) is 0 Å². The van der Waals surface area contributed by atoms with Gasteiger partial charge >= 0.3 is 0 Å². The summed E-state index contributed by atoms with van der Waals surface area (Å²) < 4.78 is 5.56. The molecule has 2 N–H and O–H groups in total. The van der Waals surface area contributed by atoms with E-state index in [0.29, 0.717) is 19.0 Å². The molecule has 1 aliphatic rings. The van der Waals surface area contributed by atoms with Crippen LogP contribution in [0.5, 0.6) is 5.88 Å². The molecule has 1 aromatic heterocycles. The molecule has 142 valence electrons. The summed E-state index contributed by atoms with van der Waals surface area (Å²) in [6, 6.07) is 3.93.